The van der Waals surface area contributed by atoms with E-state index in [0.717, 1.165) is 5.56 Å². The van der Waals surface area contributed by atoms with Crippen LogP contribution < -0.4 is 5.73 Å². The molecule has 0 saturated carbocycles. The molecule has 0 spiro atoms. The minimum absolute atomic E-state index is 0.0536. The smallest absolute Gasteiger partial charge is 0.407 e. The van der Waals surface area contributed by atoms with Gasteiger partial charge in [-0.25, -0.2) is 4.79 Å². The molecule has 1 aromatic carbocycles. The SMILES string of the molecule is CC(C)N(Cc1ccccc1N)C(=O)O. The number of hydrogen-bond acceptors (Lipinski definition) is 2. The van der Waals surface area contributed by atoms with E-state index < -0.39 is 6.09 Å². The molecule has 1 amide bonds. The minimum Gasteiger partial charge on any atom is -0.465 e. The Labute approximate surface area is 89.3 Å². The van der Waals surface area contributed by atoms with Gasteiger partial charge in [-0.15, -0.1) is 0 Å². The van der Waals surface area contributed by atoms with Crippen molar-refractivity contribution in [2.24, 2.45) is 0 Å². The Hall–Kier alpha value is -1.71. The molecule has 0 aliphatic rings. The first-order valence-electron chi connectivity index (χ1n) is 4.85. The molecule has 0 saturated heterocycles. The quantitative estimate of drug-likeness (QED) is 0.748. The monoisotopic (exact) mass is 208 g/mol. The summed E-state index contributed by atoms with van der Waals surface area (Å²) in [6.45, 7) is 4.01. The molecule has 0 unspecified atom stereocenters. The van der Waals surface area contributed by atoms with Gasteiger partial charge in [-0.2, -0.15) is 0 Å². The molecule has 3 N–H and O–H groups in total. The summed E-state index contributed by atoms with van der Waals surface area (Å²) in [5, 5.41) is 8.98. The Balaban J connectivity index is 2.84. The summed E-state index contributed by atoms with van der Waals surface area (Å²) in [7, 11) is 0. The number of rotatable bonds is 3. The van der Waals surface area contributed by atoms with E-state index >= 15 is 0 Å². The van der Waals surface area contributed by atoms with E-state index in [0.29, 0.717) is 12.2 Å². The zero-order chi connectivity index (χ0) is 11.4. The lowest BCUT2D eigenvalue weighted by Gasteiger charge is -2.23. The second-order valence-electron chi connectivity index (χ2n) is 3.70. The van der Waals surface area contributed by atoms with E-state index in [-0.39, 0.29) is 6.04 Å². The van der Waals surface area contributed by atoms with Crippen LogP contribution in [0.4, 0.5) is 10.5 Å². The van der Waals surface area contributed by atoms with Gasteiger partial charge in [-0.1, -0.05) is 18.2 Å². The Morgan fingerprint density at radius 1 is 1.47 bits per heavy atom. The van der Waals surface area contributed by atoms with Gasteiger partial charge in [0.25, 0.3) is 0 Å². The fraction of sp³-hybridized carbons (Fsp3) is 0.364. The number of anilines is 1. The number of nitrogens with two attached hydrogens (primary N) is 1. The maximum atomic E-state index is 10.9. The Bertz CT molecular complexity index is 350. The van der Waals surface area contributed by atoms with Crippen LogP contribution in [-0.2, 0) is 6.54 Å². The van der Waals surface area contributed by atoms with Crippen molar-refractivity contribution in [3.05, 3.63) is 29.8 Å². The van der Waals surface area contributed by atoms with E-state index in [1.165, 1.54) is 4.90 Å². The van der Waals surface area contributed by atoms with Gasteiger partial charge in [-0.3, -0.25) is 0 Å². The maximum absolute atomic E-state index is 10.9. The number of benzene rings is 1. The average molecular weight is 208 g/mol. The maximum Gasteiger partial charge on any atom is 0.407 e. The molecule has 0 bridgehead atoms. The highest BCUT2D eigenvalue weighted by Gasteiger charge is 2.16. The third kappa shape index (κ3) is 2.87. The Morgan fingerprint density at radius 2 is 2.07 bits per heavy atom. The number of para-hydroxylation sites is 1. The van der Waals surface area contributed by atoms with Crippen LogP contribution in [0.15, 0.2) is 24.3 Å². The predicted octanol–water partition coefficient (Wildman–Crippen LogP) is 2.16. The average Bonchev–Trinajstić information content (AvgIpc) is 2.15. The lowest BCUT2D eigenvalue weighted by Crippen LogP contribution is -2.35. The van der Waals surface area contributed by atoms with Gasteiger partial charge in [-0.05, 0) is 25.5 Å². The minimum atomic E-state index is -0.923. The van der Waals surface area contributed by atoms with Gasteiger partial charge in [0.15, 0.2) is 0 Å². The summed E-state index contributed by atoms with van der Waals surface area (Å²) >= 11 is 0. The molecule has 0 aliphatic heterocycles. The standard InChI is InChI=1S/C11H16N2O2/c1-8(2)13(11(14)15)7-9-5-3-4-6-10(9)12/h3-6,8H,7,12H2,1-2H3,(H,14,15). The van der Waals surface area contributed by atoms with Crippen LogP contribution in [0, 0.1) is 0 Å². The second kappa shape index (κ2) is 4.68. The number of carbonyl (C=O) groups is 1. The molecule has 0 atom stereocenters. The molecule has 0 radical (unpaired) electrons. The van der Waals surface area contributed by atoms with Crippen molar-refractivity contribution in [3.63, 3.8) is 0 Å². The van der Waals surface area contributed by atoms with Crippen LogP contribution in [0.5, 0.6) is 0 Å². The van der Waals surface area contributed by atoms with E-state index in [1.807, 2.05) is 32.0 Å². The summed E-state index contributed by atoms with van der Waals surface area (Å²) < 4.78 is 0. The lowest BCUT2D eigenvalue weighted by atomic mass is 10.1. The fourth-order valence-electron chi connectivity index (χ4n) is 1.33. The largest absolute Gasteiger partial charge is 0.465 e. The van der Waals surface area contributed by atoms with Gasteiger partial charge in [0.05, 0.1) is 6.54 Å². The van der Waals surface area contributed by atoms with E-state index in [2.05, 4.69) is 0 Å². The summed E-state index contributed by atoms with van der Waals surface area (Å²) in [6.07, 6.45) is -0.923. The van der Waals surface area contributed by atoms with Gasteiger partial charge in [0.2, 0.25) is 0 Å². The number of carboxylic acid groups (broad SMARTS) is 1. The van der Waals surface area contributed by atoms with Crippen molar-refractivity contribution < 1.29 is 9.90 Å². The van der Waals surface area contributed by atoms with Crippen LogP contribution in [0.25, 0.3) is 0 Å². The number of hydrogen-bond donors (Lipinski definition) is 2. The molecule has 0 aliphatic carbocycles. The molecule has 4 heteroatoms. The number of amides is 1. The molecule has 0 aromatic heterocycles. The Morgan fingerprint density at radius 3 is 2.53 bits per heavy atom. The second-order valence-corrected chi connectivity index (χ2v) is 3.70. The summed E-state index contributed by atoms with van der Waals surface area (Å²) in [4.78, 5) is 12.3. The molecular formula is C11H16N2O2. The zero-order valence-corrected chi connectivity index (χ0v) is 8.97. The summed E-state index contributed by atoms with van der Waals surface area (Å²) in [5.41, 5.74) is 7.22. The first-order chi connectivity index (χ1) is 7.02. The van der Waals surface area contributed by atoms with Crippen LogP contribution >= 0.6 is 0 Å². The summed E-state index contributed by atoms with van der Waals surface area (Å²) in [6, 6.07) is 7.25. The molecule has 82 valence electrons. The molecule has 1 rings (SSSR count). The number of nitrogens with zero attached hydrogens (tertiary/aromatic N) is 1. The van der Waals surface area contributed by atoms with Crippen LogP contribution in [-0.4, -0.2) is 22.1 Å². The Kier molecular flexibility index (Phi) is 3.55. The van der Waals surface area contributed by atoms with Crippen molar-refractivity contribution in [2.75, 3.05) is 5.73 Å². The van der Waals surface area contributed by atoms with Gasteiger partial charge in [0, 0.05) is 11.7 Å². The van der Waals surface area contributed by atoms with Crippen LogP contribution in [0.2, 0.25) is 0 Å². The number of nitrogen functional groups attached to an aromatic ring is 1. The van der Waals surface area contributed by atoms with Crippen molar-refractivity contribution in [3.8, 4) is 0 Å². The third-order valence-electron chi connectivity index (χ3n) is 2.26. The third-order valence-corrected chi connectivity index (χ3v) is 2.26. The molecule has 1 aromatic rings. The first-order valence-corrected chi connectivity index (χ1v) is 4.85. The van der Waals surface area contributed by atoms with Crippen molar-refractivity contribution in [1.82, 2.24) is 4.90 Å². The van der Waals surface area contributed by atoms with E-state index in [1.54, 1.807) is 6.07 Å². The highest BCUT2D eigenvalue weighted by molar-refractivity contribution is 5.66. The summed E-state index contributed by atoms with van der Waals surface area (Å²) in [5.74, 6) is 0. The van der Waals surface area contributed by atoms with Gasteiger partial charge < -0.3 is 15.7 Å². The molecule has 15 heavy (non-hydrogen) atoms. The van der Waals surface area contributed by atoms with Gasteiger partial charge >= 0.3 is 6.09 Å². The van der Waals surface area contributed by atoms with Crippen molar-refractivity contribution in [1.29, 1.82) is 0 Å². The molecule has 0 heterocycles. The van der Waals surface area contributed by atoms with E-state index in [9.17, 15) is 4.79 Å². The molecule has 0 fully saturated rings. The van der Waals surface area contributed by atoms with Gasteiger partial charge in [0.1, 0.15) is 0 Å². The highest BCUT2D eigenvalue weighted by atomic mass is 16.4. The zero-order valence-electron chi connectivity index (χ0n) is 8.97. The predicted molar refractivity (Wildman–Crippen MR) is 59.6 cm³/mol. The normalized spacial score (nSPS) is 10.3. The first kappa shape index (κ1) is 11.4. The fourth-order valence-corrected chi connectivity index (χ4v) is 1.33. The highest BCUT2D eigenvalue weighted by Crippen LogP contribution is 2.15. The molecular weight excluding hydrogens is 192 g/mol. The lowest BCUT2D eigenvalue weighted by molar-refractivity contribution is 0.128. The molecule has 4 nitrogen and oxygen atoms in total. The van der Waals surface area contributed by atoms with Crippen molar-refractivity contribution in [2.45, 2.75) is 26.4 Å². The van der Waals surface area contributed by atoms with Crippen LogP contribution in [0.1, 0.15) is 19.4 Å². The topological polar surface area (TPSA) is 66.6 Å². The van der Waals surface area contributed by atoms with E-state index in [4.69, 9.17) is 10.8 Å². The van der Waals surface area contributed by atoms with Crippen LogP contribution in [0.3, 0.4) is 0 Å². The van der Waals surface area contributed by atoms with Crippen molar-refractivity contribution >= 4 is 11.8 Å².